The molecular weight excluding hydrogens is 444 g/mol. The summed E-state index contributed by atoms with van der Waals surface area (Å²) in [6, 6.07) is 5.81. The van der Waals surface area contributed by atoms with E-state index < -0.39 is 21.7 Å². The number of aromatic nitrogens is 2. The predicted octanol–water partition coefficient (Wildman–Crippen LogP) is 4.03. The Labute approximate surface area is 181 Å². The van der Waals surface area contributed by atoms with Crippen LogP contribution in [0.15, 0.2) is 58.2 Å². The Morgan fingerprint density at radius 2 is 1.94 bits per heavy atom. The molecule has 0 unspecified atom stereocenters. The maximum atomic E-state index is 14.2. The molecule has 3 aromatic heterocycles. The summed E-state index contributed by atoms with van der Waals surface area (Å²) in [4.78, 5) is 16.4. The fraction of sp³-hybridized carbons (Fsp3) is 0.143. The van der Waals surface area contributed by atoms with Gasteiger partial charge >= 0.3 is 0 Å². The van der Waals surface area contributed by atoms with Crippen LogP contribution in [-0.2, 0) is 17.1 Å². The largest absolute Gasteiger partial charge is 0.458 e. The maximum absolute atomic E-state index is 14.2. The number of nitrogens with one attached hydrogen (secondary N) is 1. The van der Waals surface area contributed by atoms with Crippen LogP contribution >= 0.6 is 0 Å². The van der Waals surface area contributed by atoms with Crippen molar-refractivity contribution < 1.29 is 26.4 Å². The monoisotopic (exact) mass is 461 g/mol. The lowest BCUT2D eigenvalue weighted by Gasteiger charge is -2.15. The minimum absolute atomic E-state index is 0.000670. The lowest BCUT2D eigenvalue weighted by Crippen LogP contribution is -2.16. The van der Waals surface area contributed by atoms with Gasteiger partial charge < -0.3 is 13.7 Å². The molecule has 0 radical (unpaired) electrons. The molecule has 0 atom stereocenters. The van der Waals surface area contributed by atoms with E-state index in [2.05, 4.69) is 9.71 Å². The zero-order valence-electron chi connectivity index (χ0n) is 16.9. The summed E-state index contributed by atoms with van der Waals surface area (Å²) in [6.45, 7) is 1.47. The molecule has 0 amide bonds. The van der Waals surface area contributed by atoms with Crippen LogP contribution in [0, 0.1) is 11.6 Å². The smallest absolute Gasteiger partial charge is 0.293 e. The van der Waals surface area contributed by atoms with Crippen molar-refractivity contribution in [3.05, 3.63) is 71.0 Å². The Balaban J connectivity index is 1.93. The number of ether oxygens (including phenoxy) is 1. The maximum Gasteiger partial charge on any atom is 0.293 e. The van der Waals surface area contributed by atoms with Crippen molar-refractivity contribution in [1.29, 1.82) is 0 Å². The van der Waals surface area contributed by atoms with Gasteiger partial charge in [-0.25, -0.2) is 22.2 Å². The number of hydrogen-bond donors (Lipinski definition) is 1. The van der Waals surface area contributed by atoms with Crippen molar-refractivity contribution >= 4 is 26.8 Å². The third-order valence-electron chi connectivity index (χ3n) is 4.70. The average molecular weight is 461 g/mol. The van der Waals surface area contributed by atoms with E-state index in [0.717, 1.165) is 12.1 Å². The molecule has 32 heavy (non-hydrogen) atoms. The van der Waals surface area contributed by atoms with Gasteiger partial charge in [0.1, 0.15) is 11.6 Å². The van der Waals surface area contributed by atoms with Crippen LogP contribution in [0.2, 0.25) is 0 Å². The van der Waals surface area contributed by atoms with Crippen molar-refractivity contribution in [1.82, 2.24) is 9.55 Å². The first kappa shape index (κ1) is 21.5. The number of halogens is 2. The van der Waals surface area contributed by atoms with E-state index in [1.165, 1.54) is 43.3 Å². The summed E-state index contributed by atoms with van der Waals surface area (Å²) in [6.07, 6.45) is 4.07. The van der Waals surface area contributed by atoms with Gasteiger partial charge in [0.15, 0.2) is 22.9 Å². The molecule has 0 saturated heterocycles. The Hall–Kier alpha value is -3.73. The van der Waals surface area contributed by atoms with Crippen LogP contribution in [0.1, 0.15) is 6.92 Å². The molecule has 0 bridgehead atoms. The number of nitrogens with zero attached hydrogens (tertiary/aromatic N) is 2. The van der Waals surface area contributed by atoms with E-state index in [9.17, 15) is 22.0 Å². The van der Waals surface area contributed by atoms with E-state index in [1.54, 1.807) is 6.07 Å². The molecule has 4 rings (SSSR count). The summed E-state index contributed by atoms with van der Waals surface area (Å²) < 4.78 is 66.1. The quantitative estimate of drug-likeness (QED) is 0.465. The molecule has 8 nitrogen and oxygen atoms in total. The number of sulfonamides is 1. The van der Waals surface area contributed by atoms with Crippen LogP contribution < -0.4 is 15.0 Å². The number of fused-ring (bicyclic) bond motifs is 1. The zero-order valence-corrected chi connectivity index (χ0v) is 17.7. The number of benzene rings is 1. The van der Waals surface area contributed by atoms with E-state index >= 15 is 0 Å². The van der Waals surface area contributed by atoms with E-state index in [1.807, 2.05) is 0 Å². The Bertz CT molecular complexity index is 1500. The number of aryl methyl sites for hydroxylation is 1. The second-order valence-electron chi connectivity index (χ2n) is 6.87. The van der Waals surface area contributed by atoms with Gasteiger partial charge in [-0.2, -0.15) is 0 Å². The van der Waals surface area contributed by atoms with Crippen LogP contribution in [0.25, 0.3) is 22.1 Å². The third kappa shape index (κ3) is 4.06. The molecule has 1 aromatic carbocycles. The Morgan fingerprint density at radius 3 is 2.66 bits per heavy atom. The van der Waals surface area contributed by atoms with Crippen molar-refractivity contribution in [3.8, 4) is 22.6 Å². The van der Waals surface area contributed by atoms with E-state index in [-0.39, 0.29) is 34.2 Å². The highest BCUT2D eigenvalue weighted by molar-refractivity contribution is 7.92. The summed E-state index contributed by atoms with van der Waals surface area (Å²) >= 11 is 0. The van der Waals surface area contributed by atoms with Gasteiger partial charge in [-0.1, -0.05) is 0 Å². The highest BCUT2D eigenvalue weighted by Gasteiger charge is 2.19. The zero-order chi connectivity index (χ0) is 23.0. The minimum Gasteiger partial charge on any atom is -0.458 e. The van der Waals surface area contributed by atoms with E-state index in [4.69, 9.17) is 9.15 Å². The van der Waals surface area contributed by atoms with Gasteiger partial charge in [0.25, 0.3) is 5.56 Å². The molecule has 0 fully saturated rings. The van der Waals surface area contributed by atoms with E-state index in [0.29, 0.717) is 22.6 Å². The molecule has 166 valence electrons. The molecule has 0 aliphatic rings. The first-order valence-electron chi connectivity index (χ1n) is 9.39. The molecule has 4 aromatic rings. The van der Waals surface area contributed by atoms with Crippen molar-refractivity contribution in [2.75, 3.05) is 10.5 Å². The lowest BCUT2D eigenvalue weighted by molar-refractivity contribution is 0.437. The number of anilines is 1. The van der Waals surface area contributed by atoms with Crippen molar-refractivity contribution in [2.24, 2.45) is 7.05 Å². The van der Waals surface area contributed by atoms with Gasteiger partial charge in [-0.3, -0.25) is 9.52 Å². The SMILES string of the molecule is CCS(=O)(=O)Nc1cc(-c2cn(C)c(=O)c3occc23)c(Oc2ccc(F)cc2F)cn1. The molecule has 0 saturated carbocycles. The van der Waals surface area contributed by atoms with Crippen molar-refractivity contribution in [2.45, 2.75) is 6.92 Å². The topological polar surface area (TPSA) is 103 Å². The third-order valence-corrected chi connectivity index (χ3v) is 5.98. The fourth-order valence-corrected chi connectivity index (χ4v) is 3.66. The summed E-state index contributed by atoms with van der Waals surface area (Å²) in [7, 11) is -2.11. The highest BCUT2D eigenvalue weighted by atomic mass is 32.2. The molecular formula is C21H17F2N3O5S. The number of hydrogen-bond acceptors (Lipinski definition) is 6. The van der Waals surface area contributed by atoms with Crippen LogP contribution in [0.3, 0.4) is 0 Å². The highest BCUT2D eigenvalue weighted by Crippen LogP contribution is 2.38. The van der Waals surface area contributed by atoms with Crippen LogP contribution in [0.5, 0.6) is 11.5 Å². The molecule has 3 heterocycles. The molecule has 0 aliphatic heterocycles. The molecule has 0 spiro atoms. The molecule has 0 aliphatic carbocycles. The normalized spacial score (nSPS) is 11.6. The van der Waals surface area contributed by atoms with Gasteiger partial charge in [0.05, 0.1) is 18.2 Å². The van der Waals surface area contributed by atoms with Crippen LogP contribution in [0.4, 0.5) is 14.6 Å². The molecule has 11 heteroatoms. The molecule has 1 N–H and O–H groups in total. The summed E-state index contributed by atoms with van der Waals surface area (Å²) in [5, 5.41) is 0.438. The van der Waals surface area contributed by atoms with Gasteiger partial charge in [0.2, 0.25) is 10.0 Å². The second-order valence-corrected chi connectivity index (χ2v) is 8.88. The summed E-state index contributed by atoms with van der Waals surface area (Å²) in [5.74, 6) is -2.08. The second kappa shape index (κ2) is 8.08. The van der Waals surface area contributed by atoms with Gasteiger partial charge in [-0.05, 0) is 31.2 Å². The van der Waals surface area contributed by atoms with Crippen molar-refractivity contribution in [3.63, 3.8) is 0 Å². The number of rotatable bonds is 6. The summed E-state index contributed by atoms with van der Waals surface area (Å²) in [5.41, 5.74) is 0.463. The standard InChI is InChI=1S/C21H17F2N3O5S/c1-3-32(28,29)25-19-9-14(15-11-26(2)21(27)20-13(15)6-7-30-20)18(10-24-19)31-17-5-4-12(22)8-16(17)23/h4-11H,3H2,1-2H3,(H,24,25). The van der Waals surface area contributed by atoms with Gasteiger partial charge in [0, 0.05) is 35.8 Å². The van der Waals surface area contributed by atoms with Gasteiger partial charge in [-0.15, -0.1) is 0 Å². The lowest BCUT2D eigenvalue weighted by atomic mass is 10.0. The minimum atomic E-state index is -3.63. The number of pyridine rings is 2. The average Bonchev–Trinajstić information content (AvgIpc) is 3.24. The number of furan rings is 1. The Morgan fingerprint density at radius 1 is 1.16 bits per heavy atom. The Kier molecular flexibility index (Phi) is 5.43. The first-order chi connectivity index (χ1) is 15.2. The fourth-order valence-electron chi connectivity index (χ4n) is 3.08. The first-order valence-corrected chi connectivity index (χ1v) is 11.0. The predicted molar refractivity (Wildman–Crippen MR) is 114 cm³/mol. The van der Waals surface area contributed by atoms with Crippen LogP contribution in [-0.4, -0.2) is 23.7 Å².